The van der Waals surface area contributed by atoms with Gasteiger partial charge in [0.05, 0.1) is 13.1 Å². The van der Waals surface area contributed by atoms with Gasteiger partial charge in [0.1, 0.15) is 0 Å². The number of likely N-dealkylation sites (tertiary alicyclic amines) is 1. The average molecular weight is 311 g/mol. The lowest BCUT2D eigenvalue weighted by Crippen LogP contribution is -3.17. The highest BCUT2D eigenvalue weighted by Crippen LogP contribution is 2.13. The molecule has 0 saturated carbocycles. The van der Waals surface area contributed by atoms with Gasteiger partial charge in [-0.25, -0.2) is 0 Å². The minimum Gasteiger partial charge on any atom is -0.550 e. The van der Waals surface area contributed by atoms with E-state index in [9.17, 15) is 14.7 Å². The first-order chi connectivity index (χ1) is 10.1. The smallest absolute Gasteiger partial charge is 0.283 e. The fourth-order valence-corrected chi connectivity index (χ4v) is 2.83. The lowest BCUT2D eigenvalue weighted by Gasteiger charge is -2.30. The topological polar surface area (TPSA) is 73.7 Å². The van der Waals surface area contributed by atoms with Gasteiger partial charge in [-0.05, 0) is 43.5 Å². The third-order valence-corrected chi connectivity index (χ3v) is 4.04. The standard InChI is InChI=1S/C15H19ClN2O3/c16-11-4-6-12(7-5-11)17-15(21)13(10-14(19)20)18-8-2-1-3-9-18/h4-7,13H,1-3,8-10H2,(H,17,21)(H,19,20)/t13-/m1/s1. The molecule has 1 aliphatic heterocycles. The summed E-state index contributed by atoms with van der Waals surface area (Å²) in [6.45, 7) is 1.65. The molecule has 0 radical (unpaired) electrons. The number of benzene rings is 1. The number of anilines is 1. The number of piperidine rings is 1. The fraction of sp³-hybridized carbons (Fsp3) is 0.467. The SMILES string of the molecule is O=C([O-])C[C@H](C(=O)Nc1ccc(Cl)cc1)[NH+]1CCCCC1. The third-order valence-electron chi connectivity index (χ3n) is 3.79. The van der Waals surface area contributed by atoms with Crippen LogP contribution in [-0.2, 0) is 9.59 Å². The Balaban J connectivity index is 2.05. The predicted molar refractivity (Wildman–Crippen MR) is 78.0 cm³/mol. The van der Waals surface area contributed by atoms with Crippen LogP contribution in [-0.4, -0.2) is 31.0 Å². The molecule has 5 nitrogen and oxygen atoms in total. The number of hydrogen-bond donors (Lipinski definition) is 2. The number of hydrogen-bond acceptors (Lipinski definition) is 3. The maximum atomic E-state index is 12.4. The number of carboxylic acid groups (broad SMARTS) is 1. The quantitative estimate of drug-likeness (QED) is 0.795. The van der Waals surface area contributed by atoms with Crippen molar-refractivity contribution in [3.63, 3.8) is 0 Å². The van der Waals surface area contributed by atoms with Gasteiger partial charge in [0.25, 0.3) is 5.91 Å². The van der Waals surface area contributed by atoms with Gasteiger partial charge < -0.3 is 20.1 Å². The zero-order chi connectivity index (χ0) is 15.2. The maximum Gasteiger partial charge on any atom is 0.283 e. The van der Waals surface area contributed by atoms with Crippen LogP contribution in [0.4, 0.5) is 5.69 Å². The van der Waals surface area contributed by atoms with Crippen molar-refractivity contribution in [1.82, 2.24) is 0 Å². The molecule has 1 heterocycles. The second-order valence-electron chi connectivity index (χ2n) is 5.34. The summed E-state index contributed by atoms with van der Waals surface area (Å²) in [6, 6.07) is 6.15. The van der Waals surface area contributed by atoms with Crippen molar-refractivity contribution < 1.29 is 19.6 Å². The molecular formula is C15H19ClN2O3. The van der Waals surface area contributed by atoms with Gasteiger partial charge in [-0.1, -0.05) is 11.6 Å². The first kappa shape index (κ1) is 15.8. The summed E-state index contributed by atoms with van der Waals surface area (Å²) in [5.74, 6) is -1.47. The molecule has 6 heteroatoms. The minimum absolute atomic E-state index is 0.255. The zero-order valence-corrected chi connectivity index (χ0v) is 12.5. The summed E-state index contributed by atoms with van der Waals surface area (Å²) < 4.78 is 0. The number of carbonyl (C=O) groups excluding carboxylic acids is 2. The molecule has 2 rings (SSSR count). The Hall–Kier alpha value is -1.59. The molecule has 0 aromatic heterocycles. The maximum absolute atomic E-state index is 12.4. The van der Waals surface area contributed by atoms with Crippen LogP contribution in [0.15, 0.2) is 24.3 Å². The van der Waals surface area contributed by atoms with Crippen molar-refractivity contribution in [3.8, 4) is 0 Å². The molecule has 0 unspecified atom stereocenters. The minimum atomic E-state index is -1.19. The van der Waals surface area contributed by atoms with E-state index < -0.39 is 12.0 Å². The number of nitrogens with one attached hydrogen (secondary N) is 2. The number of aliphatic carboxylic acids is 1. The van der Waals surface area contributed by atoms with E-state index in [2.05, 4.69) is 5.32 Å². The fourth-order valence-electron chi connectivity index (χ4n) is 2.71. The van der Waals surface area contributed by atoms with E-state index in [4.69, 9.17) is 11.6 Å². The Morgan fingerprint density at radius 1 is 1.19 bits per heavy atom. The molecule has 1 atom stereocenters. The van der Waals surface area contributed by atoms with Crippen molar-refractivity contribution in [2.24, 2.45) is 0 Å². The van der Waals surface area contributed by atoms with Gasteiger partial charge in [0, 0.05) is 23.1 Å². The molecule has 1 aliphatic rings. The van der Waals surface area contributed by atoms with Crippen LogP contribution >= 0.6 is 11.6 Å². The molecule has 1 saturated heterocycles. The van der Waals surface area contributed by atoms with Gasteiger partial charge in [0.2, 0.25) is 0 Å². The van der Waals surface area contributed by atoms with E-state index in [1.165, 1.54) is 0 Å². The van der Waals surface area contributed by atoms with E-state index in [0.29, 0.717) is 10.7 Å². The molecule has 0 bridgehead atoms. The molecule has 1 fully saturated rings. The van der Waals surface area contributed by atoms with Gasteiger partial charge in [-0.15, -0.1) is 0 Å². The number of halogens is 1. The highest BCUT2D eigenvalue weighted by atomic mass is 35.5. The highest BCUT2D eigenvalue weighted by molar-refractivity contribution is 6.30. The largest absolute Gasteiger partial charge is 0.550 e. The monoisotopic (exact) mass is 310 g/mol. The molecule has 1 aromatic carbocycles. The van der Waals surface area contributed by atoms with Crippen LogP contribution in [0.5, 0.6) is 0 Å². The molecule has 1 aromatic rings. The summed E-state index contributed by atoms with van der Waals surface area (Å²) in [6.07, 6.45) is 2.93. The van der Waals surface area contributed by atoms with Gasteiger partial charge in [-0.3, -0.25) is 4.79 Å². The van der Waals surface area contributed by atoms with Crippen LogP contribution < -0.4 is 15.3 Å². The lowest BCUT2D eigenvalue weighted by atomic mass is 10.1. The predicted octanol–water partition coefficient (Wildman–Crippen LogP) is -0.144. The Labute approximate surface area is 128 Å². The van der Waals surface area contributed by atoms with Crippen LogP contribution in [0.2, 0.25) is 5.02 Å². The number of rotatable bonds is 5. The Kier molecular flexibility index (Phi) is 5.59. The second kappa shape index (κ2) is 7.43. The first-order valence-electron chi connectivity index (χ1n) is 7.17. The summed E-state index contributed by atoms with van der Waals surface area (Å²) in [5.41, 5.74) is 0.615. The van der Waals surface area contributed by atoms with Gasteiger partial charge in [-0.2, -0.15) is 0 Å². The molecule has 1 amide bonds. The summed E-state index contributed by atoms with van der Waals surface area (Å²) in [5, 5.41) is 14.3. The summed E-state index contributed by atoms with van der Waals surface area (Å²) in [7, 11) is 0. The van der Waals surface area contributed by atoms with Crippen molar-refractivity contribution in [2.45, 2.75) is 31.7 Å². The average Bonchev–Trinajstić information content (AvgIpc) is 2.48. The number of carboxylic acids is 1. The Bertz CT molecular complexity index is 498. The molecule has 0 aliphatic carbocycles. The zero-order valence-electron chi connectivity index (χ0n) is 11.7. The Morgan fingerprint density at radius 2 is 1.81 bits per heavy atom. The van der Waals surface area contributed by atoms with Crippen LogP contribution in [0.3, 0.4) is 0 Å². The van der Waals surface area contributed by atoms with Crippen molar-refractivity contribution in [2.75, 3.05) is 18.4 Å². The van der Waals surface area contributed by atoms with E-state index >= 15 is 0 Å². The molecule has 21 heavy (non-hydrogen) atoms. The highest BCUT2D eigenvalue weighted by Gasteiger charge is 2.31. The number of carbonyl (C=O) groups is 2. The summed E-state index contributed by atoms with van der Waals surface area (Å²) in [4.78, 5) is 24.3. The third kappa shape index (κ3) is 4.72. The van der Waals surface area contributed by atoms with Crippen LogP contribution in [0.25, 0.3) is 0 Å². The molecule has 0 spiro atoms. The van der Waals surface area contributed by atoms with E-state index in [1.807, 2.05) is 0 Å². The lowest BCUT2D eigenvalue weighted by molar-refractivity contribution is -0.920. The van der Waals surface area contributed by atoms with Gasteiger partial charge in [0.15, 0.2) is 6.04 Å². The number of amides is 1. The van der Waals surface area contributed by atoms with E-state index in [1.54, 1.807) is 24.3 Å². The van der Waals surface area contributed by atoms with Crippen LogP contribution in [0, 0.1) is 0 Å². The van der Waals surface area contributed by atoms with Crippen molar-refractivity contribution in [3.05, 3.63) is 29.3 Å². The van der Waals surface area contributed by atoms with E-state index in [-0.39, 0.29) is 12.3 Å². The second-order valence-corrected chi connectivity index (χ2v) is 5.78. The first-order valence-corrected chi connectivity index (χ1v) is 7.55. The van der Waals surface area contributed by atoms with Crippen molar-refractivity contribution >= 4 is 29.2 Å². The van der Waals surface area contributed by atoms with Crippen LogP contribution in [0.1, 0.15) is 25.7 Å². The molecule has 2 N–H and O–H groups in total. The number of quaternary nitrogens is 1. The Morgan fingerprint density at radius 3 is 2.38 bits per heavy atom. The van der Waals surface area contributed by atoms with E-state index in [0.717, 1.165) is 37.3 Å². The van der Waals surface area contributed by atoms with Gasteiger partial charge >= 0.3 is 0 Å². The normalized spacial score (nSPS) is 17.2. The van der Waals surface area contributed by atoms with Crippen molar-refractivity contribution in [1.29, 1.82) is 0 Å². The molecular weight excluding hydrogens is 292 g/mol. The summed E-state index contributed by atoms with van der Waals surface area (Å²) >= 11 is 5.80. The molecule has 114 valence electrons.